The van der Waals surface area contributed by atoms with E-state index in [4.69, 9.17) is 23.7 Å². The van der Waals surface area contributed by atoms with Crippen LogP contribution in [0.25, 0.3) is 6.08 Å². The van der Waals surface area contributed by atoms with Crippen LogP contribution in [0.5, 0.6) is 17.2 Å². The van der Waals surface area contributed by atoms with Gasteiger partial charge in [-0.05, 0) is 50.1 Å². The maximum Gasteiger partial charge on any atom is 0.348 e. The number of benzene rings is 1. The number of hydrogen-bond acceptors (Lipinski definition) is 9. The molecule has 1 aromatic heterocycles. The third-order valence-corrected chi connectivity index (χ3v) is 5.63. The topological polar surface area (TPSA) is 109 Å². The number of thiophene rings is 1. The smallest absolute Gasteiger partial charge is 0.348 e. The van der Waals surface area contributed by atoms with E-state index in [1.807, 2.05) is 0 Å². The molecule has 0 fully saturated rings. The van der Waals surface area contributed by atoms with Crippen molar-refractivity contribution in [3.05, 3.63) is 39.8 Å². The number of carbonyl (C=O) groups is 3. The second kappa shape index (κ2) is 11.9. The van der Waals surface area contributed by atoms with Gasteiger partial charge in [0.2, 0.25) is 11.7 Å². The number of ether oxygens (including phenoxy) is 5. The molecule has 10 heteroatoms. The molecule has 2 aromatic rings. The summed E-state index contributed by atoms with van der Waals surface area (Å²) in [5.74, 6) is -0.402. The summed E-state index contributed by atoms with van der Waals surface area (Å²) in [6.45, 7) is 5.30. The lowest BCUT2D eigenvalue weighted by atomic mass is 10.1. The van der Waals surface area contributed by atoms with Crippen LogP contribution in [0.3, 0.4) is 0 Å². The summed E-state index contributed by atoms with van der Waals surface area (Å²) < 4.78 is 26.1. The molecule has 0 radical (unpaired) electrons. The molecule has 0 bridgehead atoms. The highest BCUT2D eigenvalue weighted by Gasteiger charge is 2.27. The van der Waals surface area contributed by atoms with E-state index < -0.39 is 17.8 Å². The third-order valence-electron chi connectivity index (χ3n) is 4.44. The number of esters is 2. The Balaban J connectivity index is 2.34. The maximum atomic E-state index is 12.6. The molecule has 1 N–H and O–H groups in total. The van der Waals surface area contributed by atoms with Crippen LogP contribution in [0.15, 0.2) is 18.2 Å². The van der Waals surface area contributed by atoms with Gasteiger partial charge in [0, 0.05) is 6.08 Å². The minimum absolute atomic E-state index is 0.124. The van der Waals surface area contributed by atoms with E-state index in [-0.39, 0.29) is 28.7 Å². The van der Waals surface area contributed by atoms with Gasteiger partial charge >= 0.3 is 11.9 Å². The molecule has 0 aliphatic heterocycles. The maximum absolute atomic E-state index is 12.6. The van der Waals surface area contributed by atoms with Crippen molar-refractivity contribution >= 4 is 40.3 Å². The van der Waals surface area contributed by atoms with E-state index >= 15 is 0 Å². The fraction of sp³-hybridized carbons (Fsp3) is 0.348. The summed E-state index contributed by atoms with van der Waals surface area (Å²) in [5.41, 5.74) is 1.14. The number of anilines is 1. The number of rotatable bonds is 10. The number of amides is 1. The van der Waals surface area contributed by atoms with E-state index in [9.17, 15) is 14.4 Å². The van der Waals surface area contributed by atoms with Crippen LogP contribution >= 0.6 is 11.3 Å². The SMILES string of the molecule is CCOC(=O)c1sc(NC(=O)C=Cc2cc(OC)c(OC)c(OC)c2)c(C(=O)OCC)c1C. The average Bonchev–Trinajstić information content (AvgIpc) is 3.12. The lowest BCUT2D eigenvalue weighted by Gasteiger charge is -2.12. The Morgan fingerprint density at radius 2 is 1.52 bits per heavy atom. The minimum Gasteiger partial charge on any atom is -0.493 e. The predicted octanol–water partition coefficient (Wildman–Crippen LogP) is 4.09. The van der Waals surface area contributed by atoms with Gasteiger partial charge in [0.05, 0.1) is 40.1 Å². The Hall–Kier alpha value is -3.53. The second-order valence-electron chi connectivity index (χ2n) is 6.48. The van der Waals surface area contributed by atoms with E-state index in [0.717, 1.165) is 11.3 Å². The molecular weight excluding hydrogens is 450 g/mol. The molecule has 9 nitrogen and oxygen atoms in total. The Morgan fingerprint density at radius 1 is 0.939 bits per heavy atom. The van der Waals surface area contributed by atoms with Crippen LogP contribution in [0.4, 0.5) is 5.00 Å². The van der Waals surface area contributed by atoms with E-state index in [1.165, 1.54) is 27.4 Å². The van der Waals surface area contributed by atoms with Crippen molar-refractivity contribution < 1.29 is 38.1 Å². The number of nitrogens with one attached hydrogen (secondary N) is 1. The molecule has 0 aliphatic rings. The first-order valence-electron chi connectivity index (χ1n) is 10.1. The molecule has 0 spiro atoms. The molecule has 1 amide bonds. The molecule has 1 aromatic carbocycles. The summed E-state index contributed by atoms with van der Waals surface area (Å²) in [4.78, 5) is 37.6. The van der Waals surface area contributed by atoms with Gasteiger partial charge in [-0.25, -0.2) is 9.59 Å². The zero-order chi connectivity index (χ0) is 24.5. The van der Waals surface area contributed by atoms with Gasteiger partial charge in [0.15, 0.2) is 11.5 Å². The summed E-state index contributed by atoms with van der Waals surface area (Å²) >= 11 is 0.958. The van der Waals surface area contributed by atoms with Gasteiger partial charge in [0.1, 0.15) is 9.88 Å². The normalized spacial score (nSPS) is 10.6. The highest BCUT2D eigenvalue weighted by molar-refractivity contribution is 7.18. The Labute approximate surface area is 196 Å². The molecule has 0 saturated heterocycles. The first kappa shape index (κ1) is 25.7. The van der Waals surface area contributed by atoms with Crippen molar-refractivity contribution in [2.45, 2.75) is 20.8 Å². The van der Waals surface area contributed by atoms with Gasteiger partial charge in [-0.1, -0.05) is 0 Å². The van der Waals surface area contributed by atoms with Crippen molar-refractivity contribution in [3.63, 3.8) is 0 Å². The van der Waals surface area contributed by atoms with Gasteiger partial charge in [0.25, 0.3) is 0 Å². The quantitative estimate of drug-likeness (QED) is 0.403. The van der Waals surface area contributed by atoms with Gasteiger partial charge in [-0.15, -0.1) is 11.3 Å². The molecule has 0 saturated carbocycles. The molecule has 2 rings (SSSR count). The zero-order valence-corrected chi connectivity index (χ0v) is 20.2. The van der Waals surface area contributed by atoms with Gasteiger partial charge in [-0.3, -0.25) is 4.79 Å². The number of hydrogen-bond donors (Lipinski definition) is 1. The van der Waals surface area contributed by atoms with Gasteiger partial charge in [-0.2, -0.15) is 0 Å². The largest absolute Gasteiger partial charge is 0.493 e. The zero-order valence-electron chi connectivity index (χ0n) is 19.4. The van der Waals surface area contributed by atoms with E-state index in [1.54, 1.807) is 39.0 Å². The number of carbonyl (C=O) groups excluding carboxylic acids is 3. The van der Waals surface area contributed by atoms with Crippen LogP contribution in [0.2, 0.25) is 0 Å². The number of methoxy groups -OCH3 is 3. The van der Waals surface area contributed by atoms with Crippen LogP contribution in [0.1, 0.15) is 45.0 Å². The standard InChI is InChI=1S/C23H27NO8S/c1-7-31-22(26)18-13(3)20(23(27)32-8-2)33-21(18)24-17(25)10-9-14-11-15(28-4)19(30-6)16(12-14)29-5/h9-12H,7-8H2,1-6H3,(H,24,25). The van der Waals surface area contributed by atoms with Crippen LogP contribution in [-0.2, 0) is 14.3 Å². The third kappa shape index (κ3) is 6.04. The molecule has 0 unspecified atom stereocenters. The Kier molecular flexibility index (Phi) is 9.29. The van der Waals surface area contributed by atoms with Gasteiger partial charge < -0.3 is 29.0 Å². The van der Waals surface area contributed by atoms with Crippen LogP contribution < -0.4 is 19.5 Å². The summed E-state index contributed by atoms with van der Waals surface area (Å²) in [7, 11) is 4.49. The first-order chi connectivity index (χ1) is 15.8. The Morgan fingerprint density at radius 3 is 2.03 bits per heavy atom. The molecule has 0 atom stereocenters. The van der Waals surface area contributed by atoms with Crippen molar-refractivity contribution in [1.29, 1.82) is 0 Å². The second-order valence-corrected chi connectivity index (χ2v) is 7.50. The lowest BCUT2D eigenvalue weighted by Crippen LogP contribution is -2.13. The highest BCUT2D eigenvalue weighted by Crippen LogP contribution is 2.38. The van der Waals surface area contributed by atoms with E-state index in [2.05, 4.69) is 5.32 Å². The molecule has 178 valence electrons. The van der Waals surface area contributed by atoms with Crippen molar-refractivity contribution in [2.75, 3.05) is 39.9 Å². The monoisotopic (exact) mass is 477 g/mol. The fourth-order valence-corrected chi connectivity index (χ4v) is 4.06. The van der Waals surface area contributed by atoms with Crippen LogP contribution in [-0.4, -0.2) is 52.4 Å². The summed E-state index contributed by atoms with van der Waals surface area (Å²) in [6.07, 6.45) is 2.84. The predicted molar refractivity (Wildman–Crippen MR) is 125 cm³/mol. The molecule has 0 aliphatic carbocycles. The minimum atomic E-state index is -0.634. The molecular formula is C23H27NO8S. The molecule has 1 heterocycles. The van der Waals surface area contributed by atoms with Crippen molar-refractivity contribution in [3.8, 4) is 17.2 Å². The molecule has 33 heavy (non-hydrogen) atoms. The Bertz CT molecular complexity index is 1030. The fourth-order valence-electron chi connectivity index (χ4n) is 2.97. The first-order valence-corrected chi connectivity index (χ1v) is 10.9. The average molecular weight is 478 g/mol. The van der Waals surface area contributed by atoms with E-state index in [0.29, 0.717) is 28.4 Å². The highest BCUT2D eigenvalue weighted by atomic mass is 32.1. The van der Waals surface area contributed by atoms with Crippen molar-refractivity contribution in [1.82, 2.24) is 0 Å². The van der Waals surface area contributed by atoms with Crippen molar-refractivity contribution in [2.24, 2.45) is 0 Å². The summed E-state index contributed by atoms with van der Waals surface area (Å²) in [6, 6.07) is 3.37. The summed E-state index contributed by atoms with van der Waals surface area (Å²) in [5, 5.41) is 2.86. The lowest BCUT2D eigenvalue weighted by molar-refractivity contribution is -0.111. The van der Waals surface area contributed by atoms with Crippen LogP contribution in [0, 0.1) is 6.92 Å².